The van der Waals surface area contributed by atoms with Gasteiger partial charge in [0.1, 0.15) is 17.5 Å². The van der Waals surface area contributed by atoms with Gasteiger partial charge in [-0.3, -0.25) is 0 Å². The lowest BCUT2D eigenvalue weighted by atomic mass is 10.3. The molecule has 0 radical (unpaired) electrons. The minimum absolute atomic E-state index is 0.275. The van der Waals surface area contributed by atoms with E-state index in [1.807, 2.05) is 24.5 Å². The molecule has 0 fully saturated rings. The van der Waals surface area contributed by atoms with Crippen LogP contribution in [0.4, 0.5) is 4.39 Å². The normalized spacial score (nSPS) is 12.8. The van der Waals surface area contributed by atoms with Gasteiger partial charge in [0.15, 0.2) is 0 Å². The first-order valence-corrected chi connectivity index (χ1v) is 7.06. The Morgan fingerprint density at radius 2 is 2.10 bits per heavy atom. The van der Waals surface area contributed by atoms with Crippen LogP contribution < -0.4 is 0 Å². The van der Waals surface area contributed by atoms with Crippen molar-refractivity contribution in [1.29, 1.82) is 0 Å². The smallest absolute Gasteiger partial charge is 0.128 e. The van der Waals surface area contributed by atoms with Crippen LogP contribution in [-0.4, -0.2) is 19.5 Å². The van der Waals surface area contributed by atoms with Gasteiger partial charge in [-0.2, -0.15) is 0 Å². The fourth-order valence-electron chi connectivity index (χ4n) is 2.35. The zero-order valence-electron chi connectivity index (χ0n) is 11.7. The van der Waals surface area contributed by atoms with E-state index in [9.17, 15) is 4.39 Å². The van der Waals surface area contributed by atoms with E-state index in [0.29, 0.717) is 23.7 Å². The lowest BCUT2D eigenvalue weighted by Crippen LogP contribution is -2.08. The van der Waals surface area contributed by atoms with Crippen LogP contribution in [0.25, 0.3) is 11.0 Å². The van der Waals surface area contributed by atoms with E-state index < -0.39 is 0 Å². The minimum Gasteiger partial charge on any atom is -0.321 e. The van der Waals surface area contributed by atoms with Crippen molar-refractivity contribution in [3.63, 3.8) is 0 Å². The molecule has 0 bridgehead atoms. The average Bonchev–Trinajstić information content (AvgIpc) is 2.77. The van der Waals surface area contributed by atoms with Crippen molar-refractivity contribution in [3.8, 4) is 0 Å². The van der Waals surface area contributed by atoms with Crippen LogP contribution in [0.1, 0.15) is 29.6 Å². The summed E-state index contributed by atoms with van der Waals surface area (Å²) in [5.74, 6) is 1.11. The molecule has 0 aliphatic carbocycles. The Bertz CT molecular complexity index is 797. The maximum Gasteiger partial charge on any atom is 0.128 e. The molecule has 0 saturated heterocycles. The highest BCUT2D eigenvalue weighted by Crippen LogP contribution is 2.25. The molecule has 0 aliphatic heterocycles. The summed E-state index contributed by atoms with van der Waals surface area (Å²) >= 11 is 6.21. The molecule has 1 unspecified atom stereocenters. The van der Waals surface area contributed by atoms with Crippen LogP contribution in [0.5, 0.6) is 0 Å². The van der Waals surface area contributed by atoms with Gasteiger partial charge < -0.3 is 4.57 Å². The number of halogens is 2. The van der Waals surface area contributed by atoms with Gasteiger partial charge in [0.25, 0.3) is 0 Å². The quantitative estimate of drug-likeness (QED) is 0.694. The minimum atomic E-state index is -0.307. The van der Waals surface area contributed by atoms with Gasteiger partial charge in [0.2, 0.25) is 0 Å². The first-order chi connectivity index (χ1) is 10.0. The number of alkyl halides is 1. The fourth-order valence-corrected chi connectivity index (χ4v) is 2.51. The standard InChI is InChI=1S/C15H14ClFN4/c1-9(16)15-20-13-7-11(17)3-4-14(13)21(15)8-12-5-6-18-10(2)19-12/h3-7,9H,8H2,1-2H3. The van der Waals surface area contributed by atoms with Crippen molar-refractivity contribution in [2.24, 2.45) is 0 Å². The third-order valence-electron chi connectivity index (χ3n) is 3.25. The van der Waals surface area contributed by atoms with E-state index in [-0.39, 0.29) is 11.2 Å². The molecule has 3 aromatic rings. The van der Waals surface area contributed by atoms with E-state index in [1.165, 1.54) is 12.1 Å². The summed E-state index contributed by atoms with van der Waals surface area (Å²) < 4.78 is 15.3. The van der Waals surface area contributed by atoms with E-state index in [4.69, 9.17) is 11.6 Å². The molecule has 3 rings (SSSR count). The topological polar surface area (TPSA) is 43.6 Å². The number of hydrogen-bond acceptors (Lipinski definition) is 3. The number of aromatic nitrogens is 4. The second kappa shape index (κ2) is 5.41. The number of benzene rings is 1. The summed E-state index contributed by atoms with van der Waals surface area (Å²) in [5, 5.41) is -0.275. The van der Waals surface area contributed by atoms with Crippen molar-refractivity contribution in [3.05, 3.63) is 53.6 Å². The Morgan fingerprint density at radius 3 is 2.81 bits per heavy atom. The molecular formula is C15H14ClFN4. The Labute approximate surface area is 126 Å². The van der Waals surface area contributed by atoms with Crippen LogP contribution in [0.3, 0.4) is 0 Å². The molecule has 6 heteroatoms. The van der Waals surface area contributed by atoms with Crippen molar-refractivity contribution in [2.45, 2.75) is 25.8 Å². The van der Waals surface area contributed by atoms with E-state index in [1.54, 1.807) is 12.3 Å². The average molecular weight is 305 g/mol. The summed E-state index contributed by atoms with van der Waals surface area (Å²) in [6.45, 7) is 4.22. The number of hydrogen-bond donors (Lipinski definition) is 0. The zero-order valence-corrected chi connectivity index (χ0v) is 12.5. The maximum absolute atomic E-state index is 13.4. The number of aryl methyl sites for hydroxylation is 1. The number of rotatable bonds is 3. The molecule has 1 aromatic carbocycles. The Balaban J connectivity index is 2.13. The summed E-state index contributed by atoms with van der Waals surface area (Å²) in [4.78, 5) is 12.9. The van der Waals surface area contributed by atoms with Gasteiger partial charge in [0.05, 0.1) is 28.6 Å². The fraction of sp³-hybridized carbons (Fsp3) is 0.267. The highest BCUT2D eigenvalue weighted by atomic mass is 35.5. The lowest BCUT2D eigenvalue weighted by molar-refractivity contribution is 0.629. The number of imidazole rings is 1. The van der Waals surface area contributed by atoms with E-state index >= 15 is 0 Å². The second-order valence-corrected chi connectivity index (χ2v) is 5.56. The highest BCUT2D eigenvalue weighted by molar-refractivity contribution is 6.20. The first kappa shape index (κ1) is 13.9. The van der Waals surface area contributed by atoms with Crippen LogP contribution >= 0.6 is 11.6 Å². The maximum atomic E-state index is 13.4. The van der Waals surface area contributed by atoms with Crippen LogP contribution in [0, 0.1) is 12.7 Å². The summed E-state index contributed by atoms with van der Waals surface area (Å²) in [5.41, 5.74) is 2.31. The summed E-state index contributed by atoms with van der Waals surface area (Å²) in [6.07, 6.45) is 1.72. The van der Waals surface area contributed by atoms with Crippen molar-refractivity contribution >= 4 is 22.6 Å². The number of fused-ring (bicyclic) bond motifs is 1. The zero-order chi connectivity index (χ0) is 15.0. The van der Waals surface area contributed by atoms with Crippen molar-refractivity contribution in [2.75, 3.05) is 0 Å². The molecule has 0 saturated carbocycles. The van der Waals surface area contributed by atoms with Crippen LogP contribution in [-0.2, 0) is 6.54 Å². The predicted molar refractivity (Wildman–Crippen MR) is 79.8 cm³/mol. The molecule has 1 atom stereocenters. The monoisotopic (exact) mass is 304 g/mol. The molecule has 4 nitrogen and oxygen atoms in total. The highest BCUT2D eigenvalue weighted by Gasteiger charge is 2.16. The third kappa shape index (κ3) is 2.74. The molecule has 0 aliphatic rings. The third-order valence-corrected chi connectivity index (χ3v) is 3.44. The number of nitrogens with zero attached hydrogens (tertiary/aromatic N) is 4. The van der Waals surface area contributed by atoms with Gasteiger partial charge in [0, 0.05) is 12.3 Å². The molecule has 2 heterocycles. The van der Waals surface area contributed by atoms with E-state index in [2.05, 4.69) is 15.0 Å². The van der Waals surface area contributed by atoms with Gasteiger partial charge >= 0.3 is 0 Å². The Hall–Kier alpha value is -2.01. The largest absolute Gasteiger partial charge is 0.321 e. The van der Waals surface area contributed by atoms with Crippen LogP contribution in [0.15, 0.2) is 30.5 Å². The molecule has 2 aromatic heterocycles. The van der Waals surface area contributed by atoms with Crippen LogP contribution in [0.2, 0.25) is 0 Å². The predicted octanol–water partition coefficient (Wildman–Crippen LogP) is 3.62. The van der Waals surface area contributed by atoms with E-state index in [0.717, 1.165) is 11.2 Å². The molecule has 21 heavy (non-hydrogen) atoms. The molecular weight excluding hydrogens is 291 g/mol. The van der Waals surface area contributed by atoms with Gasteiger partial charge in [-0.15, -0.1) is 11.6 Å². The van der Waals surface area contributed by atoms with Crippen molar-refractivity contribution in [1.82, 2.24) is 19.5 Å². The summed E-state index contributed by atoms with van der Waals surface area (Å²) in [7, 11) is 0. The SMILES string of the molecule is Cc1nccc(Cn2c(C(C)Cl)nc3cc(F)ccc32)n1. The second-order valence-electron chi connectivity index (χ2n) is 4.90. The lowest BCUT2D eigenvalue weighted by Gasteiger charge is -2.10. The molecule has 0 N–H and O–H groups in total. The first-order valence-electron chi connectivity index (χ1n) is 6.63. The van der Waals surface area contributed by atoms with Gasteiger partial charge in [-0.05, 0) is 32.0 Å². The molecule has 108 valence electrons. The van der Waals surface area contributed by atoms with Crippen molar-refractivity contribution < 1.29 is 4.39 Å². The van der Waals surface area contributed by atoms with Gasteiger partial charge in [-0.1, -0.05) is 0 Å². The Morgan fingerprint density at radius 1 is 1.29 bits per heavy atom. The summed E-state index contributed by atoms with van der Waals surface area (Å²) in [6, 6.07) is 6.41. The Kier molecular flexibility index (Phi) is 3.59. The van der Waals surface area contributed by atoms with Gasteiger partial charge in [-0.25, -0.2) is 19.3 Å². The molecule has 0 spiro atoms. The molecule has 0 amide bonds.